The molecule has 0 aliphatic rings. The Hall–Kier alpha value is -1.94. The van der Waals surface area contributed by atoms with Crippen LogP contribution in [-0.2, 0) is 65.4 Å². The first-order chi connectivity index (χ1) is 43.6. The number of aliphatic hydroxyl groups excluding tert-OH is 1. The van der Waals surface area contributed by atoms with Gasteiger partial charge in [-0.3, -0.25) is 37.3 Å². The van der Waals surface area contributed by atoms with E-state index in [4.69, 9.17) is 37.0 Å². The van der Waals surface area contributed by atoms with Crippen LogP contribution >= 0.6 is 15.6 Å². The molecular weight excluding hydrogens is 1200 g/mol. The van der Waals surface area contributed by atoms with E-state index in [-0.39, 0.29) is 25.7 Å². The zero-order chi connectivity index (χ0) is 67.5. The van der Waals surface area contributed by atoms with Crippen LogP contribution in [0.15, 0.2) is 0 Å². The summed E-state index contributed by atoms with van der Waals surface area (Å²) in [7, 11) is -9.91. The summed E-state index contributed by atoms with van der Waals surface area (Å²) in [4.78, 5) is 72.6. The average molecular weight is 1340 g/mol. The Labute approximate surface area is 556 Å². The third-order valence-corrected chi connectivity index (χ3v) is 18.8. The average Bonchev–Trinajstić information content (AvgIpc) is 3.72. The summed E-state index contributed by atoms with van der Waals surface area (Å²) >= 11 is 0. The quantitative estimate of drug-likeness (QED) is 0.0222. The van der Waals surface area contributed by atoms with E-state index >= 15 is 0 Å². The summed E-state index contributed by atoms with van der Waals surface area (Å²) in [5, 5.41) is 10.6. The molecule has 0 fully saturated rings. The summed E-state index contributed by atoms with van der Waals surface area (Å²) in [6, 6.07) is 0. The molecule has 19 heteroatoms. The normalized spacial score (nSPS) is 14.5. The van der Waals surface area contributed by atoms with Crippen molar-refractivity contribution < 1.29 is 80.2 Å². The predicted molar refractivity (Wildman–Crippen MR) is 367 cm³/mol. The lowest BCUT2D eigenvalue weighted by Crippen LogP contribution is -2.30. The number of carbonyl (C=O) groups is 4. The fourth-order valence-electron chi connectivity index (χ4n) is 10.8. The molecule has 6 atom stereocenters. The van der Waals surface area contributed by atoms with E-state index in [1.807, 2.05) is 0 Å². The number of carbonyl (C=O) groups excluding carboxylic acids is 4. The van der Waals surface area contributed by atoms with Gasteiger partial charge < -0.3 is 33.8 Å². The molecule has 0 rings (SSSR count). The molecule has 91 heavy (non-hydrogen) atoms. The predicted octanol–water partition coefficient (Wildman–Crippen LogP) is 20.5. The third kappa shape index (κ3) is 65.1. The van der Waals surface area contributed by atoms with Crippen molar-refractivity contribution in [3.63, 3.8) is 0 Å². The van der Waals surface area contributed by atoms with Gasteiger partial charge in [-0.15, -0.1) is 0 Å². The zero-order valence-corrected chi connectivity index (χ0v) is 61.3. The van der Waals surface area contributed by atoms with Crippen molar-refractivity contribution >= 4 is 39.5 Å². The second-order valence-electron chi connectivity index (χ2n) is 27.6. The molecule has 0 aliphatic carbocycles. The third-order valence-electron chi connectivity index (χ3n) is 16.9. The Morgan fingerprint density at radius 1 is 0.308 bits per heavy atom. The summed E-state index contributed by atoms with van der Waals surface area (Å²) in [5.41, 5.74) is 0. The first-order valence-electron chi connectivity index (χ1n) is 37.2. The Morgan fingerprint density at radius 2 is 0.527 bits per heavy atom. The molecule has 0 amide bonds. The Morgan fingerprint density at radius 3 is 0.780 bits per heavy atom. The molecule has 0 saturated heterocycles. The van der Waals surface area contributed by atoms with E-state index in [0.29, 0.717) is 31.6 Å². The number of ether oxygens (including phenoxy) is 4. The molecule has 0 aromatic carbocycles. The molecule has 3 N–H and O–H groups in total. The molecule has 0 spiro atoms. The van der Waals surface area contributed by atoms with Gasteiger partial charge in [-0.05, 0) is 49.4 Å². The van der Waals surface area contributed by atoms with E-state index in [9.17, 15) is 43.2 Å². The largest absolute Gasteiger partial charge is 0.472 e. The van der Waals surface area contributed by atoms with Crippen LogP contribution in [0.25, 0.3) is 0 Å². The number of aliphatic hydroxyl groups is 1. The minimum absolute atomic E-state index is 0.104. The number of hydrogen-bond donors (Lipinski definition) is 3. The second kappa shape index (κ2) is 61.6. The summed E-state index contributed by atoms with van der Waals surface area (Å²) < 4.78 is 68.4. The van der Waals surface area contributed by atoms with E-state index in [0.717, 1.165) is 114 Å². The highest BCUT2D eigenvalue weighted by Crippen LogP contribution is 2.45. The maximum atomic E-state index is 13.0. The maximum absolute atomic E-state index is 13.0. The molecular formula is C72H140O17P2. The molecule has 0 saturated carbocycles. The lowest BCUT2D eigenvalue weighted by atomic mass is 9.99. The zero-order valence-electron chi connectivity index (χ0n) is 59.5. The fourth-order valence-corrected chi connectivity index (χ4v) is 12.4. The maximum Gasteiger partial charge on any atom is 0.472 e. The summed E-state index contributed by atoms with van der Waals surface area (Å²) in [6.45, 7) is 14.1. The van der Waals surface area contributed by atoms with E-state index in [1.54, 1.807) is 0 Å². The number of hydrogen-bond acceptors (Lipinski definition) is 15. The van der Waals surface area contributed by atoms with Crippen LogP contribution < -0.4 is 0 Å². The van der Waals surface area contributed by atoms with Crippen molar-refractivity contribution in [2.24, 2.45) is 23.7 Å². The highest BCUT2D eigenvalue weighted by molar-refractivity contribution is 7.47. The number of esters is 4. The smallest absolute Gasteiger partial charge is 0.462 e. The lowest BCUT2D eigenvalue weighted by molar-refractivity contribution is -0.161. The second-order valence-corrected chi connectivity index (χ2v) is 30.6. The van der Waals surface area contributed by atoms with Gasteiger partial charge in [0.05, 0.1) is 26.4 Å². The van der Waals surface area contributed by atoms with Crippen LogP contribution in [0.3, 0.4) is 0 Å². The highest BCUT2D eigenvalue weighted by atomic mass is 31.2. The van der Waals surface area contributed by atoms with Crippen LogP contribution in [0.5, 0.6) is 0 Å². The highest BCUT2D eigenvalue weighted by Gasteiger charge is 2.30. The van der Waals surface area contributed by atoms with Crippen LogP contribution in [0.4, 0.5) is 0 Å². The number of unbranched alkanes of at least 4 members (excludes halogenated alkanes) is 34. The van der Waals surface area contributed by atoms with Crippen LogP contribution in [0.2, 0.25) is 0 Å². The van der Waals surface area contributed by atoms with Crippen molar-refractivity contribution in [1.82, 2.24) is 0 Å². The monoisotopic (exact) mass is 1340 g/mol. The molecule has 540 valence electrons. The molecule has 0 aromatic rings. The fraction of sp³-hybridized carbons (Fsp3) is 0.944. The first kappa shape index (κ1) is 89.1. The number of phosphoric acid groups is 2. The van der Waals surface area contributed by atoms with E-state index in [2.05, 4.69) is 55.4 Å². The number of phosphoric ester groups is 2. The van der Waals surface area contributed by atoms with Crippen molar-refractivity contribution in [2.45, 2.75) is 375 Å². The molecule has 0 bridgehead atoms. The molecule has 0 aliphatic heterocycles. The van der Waals surface area contributed by atoms with Gasteiger partial charge in [0.15, 0.2) is 12.2 Å². The van der Waals surface area contributed by atoms with Gasteiger partial charge in [-0.25, -0.2) is 9.13 Å². The van der Waals surface area contributed by atoms with Crippen LogP contribution in [-0.4, -0.2) is 96.7 Å². The van der Waals surface area contributed by atoms with Gasteiger partial charge in [0.25, 0.3) is 0 Å². The summed E-state index contributed by atoms with van der Waals surface area (Å²) in [5.74, 6) is 0.885. The van der Waals surface area contributed by atoms with Gasteiger partial charge in [0.1, 0.15) is 19.3 Å². The van der Waals surface area contributed by atoms with Crippen molar-refractivity contribution in [3.8, 4) is 0 Å². The Bertz CT molecular complexity index is 1800. The van der Waals surface area contributed by atoms with Gasteiger partial charge in [-0.2, -0.15) is 0 Å². The number of rotatable bonds is 69. The van der Waals surface area contributed by atoms with Gasteiger partial charge in [0.2, 0.25) is 0 Å². The van der Waals surface area contributed by atoms with Gasteiger partial charge in [-0.1, -0.05) is 306 Å². The first-order valence-corrected chi connectivity index (χ1v) is 40.2. The topological polar surface area (TPSA) is 237 Å². The van der Waals surface area contributed by atoms with Gasteiger partial charge in [0, 0.05) is 25.7 Å². The SMILES string of the molecule is CCC(C)CCCCCCCCCCC(=O)O[C@H](COC(=O)CCCCCCCCCC(C)C)COP(=O)(O)OCC(O)COP(=O)(O)OC[C@@H](COC(=O)CCCCCCCCCCCC(C)C)OC(=O)CCCCCCCCCCCCCCCCC(C)C. The molecule has 0 aromatic heterocycles. The van der Waals surface area contributed by atoms with Crippen LogP contribution in [0.1, 0.15) is 357 Å². The molecule has 0 heterocycles. The molecule has 0 radical (unpaired) electrons. The van der Waals surface area contributed by atoms with E-state index in [1.165, 1.54) is 154 Å². The Kier molecular flexibility index (Phi) is 60.3. The minimum atomic E-state index is -4.95. The van der Waals surface area contributed by atoms with Gasteiger partial charge >= 0.3 is 39.5 Å². The van der Waals surface area contributed by atoms with Crippen molar-refractivity contribution in [1.29, 1.82) is 0 Å². The van der Waals surface area contributed by atoms with Crippen molar-refractivity contribution in [3.05, 3.63) is 0 Å². The lowest BCUT2D eigenvalue weighted by Gasteiger charge is -2.21. The van der Waals surface area contributed by atoms with Crippen LogP contribution in [0, 0.1) is 23.7 Å². The van der Waals surface area contributed by atoms with Crippen molar-refractivity contribution in [2.75, 3.05) is 39.6 Å². The minimum Gasteiger partial charge on any atom is -0.462 e. The molecule has 4 unspecified atom stereocenters. The molecule has 17 nitrogen and oxygen atoms in total. The Balaban J connectivity index is 5.25. The van der Waals surface area contributed by atoms with E-state index < -0.39 is 97.5 Å². The summed E-state index contributed by atoms with van der Waals surface area (Å²) in [6.07, 6.45) is 44.5. The standard InChI is InChI=1S/C72H140O17P2/c1-9-65(8)51-43-35-27-21-22-30-39-47-55-72(77)89-68(59-83-70(75)53-45-37-31-23-26-34-42-50-64(6)7)61-87-91(80,81)85-57-66(73)56-84-90(78,79)86-60-67(58-82-69(74)52-44-36-28-20-16-18-25-33-41-49-63(4)5)88-71(76)54-46-38-29-19-15-13-11-10-12-14-17-24-32-40-48-62(2)3/h62-68,73H,9-61H2,1-8H3,(H,78,79)(H,80,81)/t65?,66?,67-,68-/m1/s1.